The number of nitrogens with zero attached hydrogens (tertiary/aromatic N) is 2. The highest BCUT2D eigenvalue weighted by Crippen LogP contribution is 2.17. The molecule has 0 bridgehead atoms. The number of aryl methyl sites for hydroxylation is 1. The average molecular weight is 232 g/mol. The largest absolute Gasteiger partial charge is 0.397 e. The van der Waals surface area contributed by atoms with Crippen molar-refractivity contribution in [1.82, 2.24) is 10.1 Å². The second-order valence-corrected chi connectivity index (χ2v) is 3.65. The zero-order valence-corrected chi connectivity index (χ0v) is 9.52. The molecule has 0 saturated heterocycles. The molecule has 0 aliphatic heterocycles. The Morgan fingerprint density at radius 3 is 2.71 bits per heavy atom. The monoisotopic (exact) mass is 232 g/mol. The number of carbonyl (C=O) groups excluding carboxylic acids is 1. The fourth-order valence-corrected chi connectivity index (χ4v) is 1.24. The molecule has 0 unspecified atom stereocenters. The molecule has 0 spiro atoms. The number of aromatic nitrogens is 2. The maximum atomic E-state index is 11.8. The average Bonchev–Trinajstić information content (AvgIpc) is 2.62. The molecule has 2 aromatic heterocycles. The van der Waals surface area contributed by atoms with Crippen LogP contribution in [0.15, 0.2) is 22.9 Å². The minimum atomic E-state index is -0.357. The first kappa shape index (κ1) is 11.1. The van der Waals surface area contributed by atoms with E-state index in [9.17, 15) is 4.79 Å². The van der Waals surface area contributed by atoms with E-state index in [0.717, 1.165) is 11.3 Å². The molecule has 0 radical (unpaired) electrons. The first-order chi connectivity index (χ1) is 8.08. The van der Waals surface area contributed by atoms with Gasteiger partial charge in [0.25, 0.3) is 5.91 Å². The van der Waals surface area contributed by atoms with Crippen LogP contribution in [0.5, 0.6) is 0 Å². The van der Waals surface area contributed by atoms with E-state index in [-0.39, 0.29) is 11.6 Å². The third kappa shape index (κ3) is 2.25. The van der Waals surface area contributed by atoms with E-state index in [2.05, 4.69) is 15.5 Å². The van der Waals surface area contributed by atoms with Crippen molar-refractivity contribution >= 4 is 17.5 Å². The van der Waals surface area contributed by atoms with Crippen molar-refractivity contribution in [3.05, 3.63) is 35.3 Å². The zero-order chi connectivity index (χ0) is 12.4. The van der Waals surface area contributed by atoms with E-state index in [0.29, 0.717) is 11.6 Å². The van der Waals surface area contributed by atoms with Crippen molar-refractivity contribution in [1.29, 1.82) is 0 Å². The highest BCUT2D eigenvalue weighted by molar-refractivity contribution is 6.02. The van der Waals surface area contributed by atoms with Gasteiger partial charge in [0.05, 0.1) is 17.6 Å². The third-order valence-corrected chi connectivity index (χ3v) is 2.40. The molecule has 0 atom stereocenters. The molecule has 0 aromatic carbocycles. The first-order valence-corrected chi connectivity index (χ1v) is 5.03. The molecule has 0 aliphatic carbocycles. The molecule has 2 rings (SSSR count). The van der Waals surface area contributed by atoms with Crippen molar-refractivity contribution in [3.8, 4) is 0 Å². The molecule has 6 nitrogen and oxygen atoms in total. The molecule has 1 amide bonds. The van der Waals surface area contributed by atoms with Crippen LogP contribution in [0, 0.1) is 13.8 Å². The van der Waals surface area contributed by atoms with Gasteiger partial charge in [-0.3, -0.25) is 10.1 Å². The first-order valence-electron chi connectivity index (χ1n) is 5.03. The van der Waals surface area contributed by atoms with Crippen LogP contribution < -0.4 is 11.1 Å². The maximum absolute atomic E-state index is 11.8. The summed E-state index contributed by atoms with van der Waals surface area (Å²) in [6, 6.07) is 3.16. The van der Waals surface area contributed by atoms with Crippen LogP contribution in [0.25, 0.3) is 0 Å². The van der Waals surface area contributed by atoms with E-state index >= 15 is 0 Å². The van der Waals surface area contributed by atoms with Crippen LogP contribution in [0.2, 0.25) is 0 Å². The van der Waals surface area contributed by atoms with Crippen LogP contribution in [0.4, 0.5) is 11.6 Å². The standard InChI is InChI=1S/C11H12N4O2/c1-6-7(2)15-17-11(6)14-10(16)9-4-3-8(12)5-13-9/h3-5H,12H2,1-2H3,(H,14,16). The van der Waals surface area contributed by atoms with Gasteiger partial charge in [-0.1, -0.05) is 5.16 Å². The lowest BCUT2D eigenvalue weighted by molar-refractivity contribution is 0.101. The molecule has 6 heteroatoms. The van der Waals surface area contributed by atoms with E-state index in [4.69, 9.17) is 10.3 Å². The van der Waals surface area contributed by atoms with Crippen molar-refractivity contribution in [2.24, 2.45) is 0 Å². The van der Waals surface area contributed by atoms with Gasteiger partial charge in [-0.25, -0.2) is 4.98 Å². The predicted molar refractivity (Wildman–Crippen MR) is 62.6 cm³/mol. The lowest BCUT2D eigenvalue weighted by atomic mass is 10.2. The molecule has 2 heterocycles. The number of nitrogens with two attached hydrogens (primary N) is 1. The van der Waals surface area contributed by atoms with Gasteiger partial charge >= 0.3 is 0 Å². The highest BCUT2D eigenvalue weighted by Gasteiger charge is 2.13. The van der Waals surface area contributed by atoms with Gasteiger partial charge in [-0.15, -0.1) is 0 Å². The topological polar surface area (TPSA) is 94.0 Å². The van der Waals surface area contributed by atoms with Gasteiger partial charge < -0.3 is 10.3 Å². The Hall–Kier alpha value is -2.37. The van der Waals surface area contributed by atoms with E-state index in [1.165, 1.54) is 6.20 Å². The minimum absolute atomic E-state index is 0.271. The summed E-state index contributed by atoms with van der Waals surface area (Å²) in [6.07, 6.45) is 1.42. The third-order valence-electron chi connectivity index (χ3n) is 2.40. The van der Waals surface area contributed by atoms with Crippen LogP contribution in [-0.2, 0) is 0 Å². The number of pyridine rings is 1. The minimum Gasteiger partial charge on any atom is -0.397 e. The summed E-state index contributed by atoms with van der Waals surface area (Å²) in [7, 11) is 0. The van der Waals surface area contributed by atoms with Gasteiger partial charge in [0.2, 0.25) is 5.88 Å². The van der Waals surface area contributed by atoms with Gasteiger partial charge in [-0.2, -0.15) is 0 Å². The predicted octanol–water partition coefficient (Wildman–Crippen LogP) is 1.52. The Bertz CT molecular complexity index is 545. The number of nitrogens with one attached hydrogen (secondary N) is 1. The number of nitrogen functional groups attached to an aromatic ring is 1. The number of anilines is 2. The fraction of sp³-hybridized carbons (Fsp3) is 0.182. The lowest BCUT2D eigenvalue weighted by Crippen LogP contribution is -2.13. The summed E-state index contributed by atoms with van der Waals surface area (Å²) < 4.78 is 4.98. The van der Waals surface area contributed by atoms with Gasteiger partial charge in [0.15, 0.2) is 0 Å². The molecule has 0 aliphatic rings. The summed E-state index contributed by atoms with van der Waals surface area (Å²) in [6.45, 7) is 3.62. The van der Waals surface area contributed by atoms with Crippen molar-refractivity contribution in [2.75, 3.05) is 11.1 Å². The molecule has 17 heavy (non-hydrogen) atoms. The normalized spacial score (nSPS) is 10.2. The van der Waals surface area contributed by atoms with Gasteiger partial charge in [-0.05, 0) is 26.0 Å². The Morgan fingerprint density at radius 2 is 2.18 bits per heavy atom. The van der Waals surface area contributed by atoms with Crippen molar-refractivity contribution in [3.63, 3.8) is 0 Å². The molecule has 0 fully saturated rings. The van der Waals surface area contributed by atoms with Crippen molar-refractivity contribution < 1.29 is 9.32 Å². The van der Waals surface area contributed by atoms with Crippen LogP contribution >= 0.6 is 0 Å². The van der Waals surface area contributed by atoms with E-state index < -0.39 is 0 Å². The Labute approximate surface area is 97.8 Å². The van der Waals surface area contributed by atoms with Gasteiger partial charge in [0, 0.05) is 5.56 Å². The Kier molecular flexibility index (Phi) is 2.78. The SMILES string of the molecule is Cc1noc(NC(=O)c2ccc(N)cn2)c1C. The molecular weight excluding hydrogens is 220 g/mol. The summed E-state index contributed by atoms with van der Waals surface area (Å²) >= 11 is 0. The highest BCUT2D eigenvalue weighted by atomic mass is 16.5. The number of hydrogen-bond acceptors (Lipinski definition) is 5. The van der Waals surface area contributed by atoms with Crippen LogP contribution in [0.3, 0.4) is 0 Å². The number of hydrogen-bond donors (Lipinski definition) is 2. The number of carbonyl (C=O) groups is 1. The van der Waals surface area contributed by atoms with Crippen LogP contribution in [0.1, 0.15) is 21.7 Å². The van der Waals surface area contributed by atoms with Gasteiger partial charge in [0.1, 0.15) is 5.69 Å². The van der Waals surface area contributed by atoms with Crippen molar-refractivity contribution in [2.45, 2.75) is 13.8 Å². The molecule has 2 aromatic rings. The Morgan fingerprint density at radius 1 is 1.41 bits per heavy atom. The summed E-state index contributed by atoms with van der Waals surface area (Å²) in [5, 5.41) is 6.34. The maximum Gasteiger partial charge on any atom is 0.276 e. The summed E-state index contributed by atoms with van der Waals surface area (Å²) in [4.78, 5) is 15.7. The lowest BCUT2D eigenvalue weighted by Gasteiger charge is -2.01. The molecule has 0 saturated carbocycles. The summed E-state index contributed by atoms with van der Waals surface area (Å²) in [5.41, 5.74) is 7.80. The zero-order valence-electron chi connectivity index (χ0n) is 9.52. The smallest absolute Gasteiger partial charge is 0.276 e. The number of amides is 1. The molecular formula is C11H12N4O2. The van der Waals surface area contributed by atoms with E-state index in [1.807, 2.05) is 6.92 Å². The van der Waals surface area contributed by atoms with Crippen LogP contribution in [-0.4, -0.2) is 16.0 Å². The fourth-order valence-electron chi connectivity index (χ4n) is 1.24. The van der Waals surface area contributed by atoms with E-state index in [1.54, 1.807) is 19.1 Å². The Balaban J connectivity index is 2.17. The molecule has 88 valence electrons. The molecule has 3 N–H and O–H groups in total. The number of rotatable bonds is 2. The second-order valence-electron chi connectivity index (χ2n) is 3.65. The quantitative estimate of drug-likeness (QED) is 0.818. The summed E-state index contributed by atoms with van der Waals surface area (Å²) in [5.74, 6) is -0.0182. The second kappa shape index (κ2) is 4.25.